The smallest absolute Gasteiger partial charge is 0.338 e. The molecule has 1 aliphatic rings. The van der Waals surface area contributed by atoms with Gasteiger partial charge in [-0.25, -0.2) is 13.2 Å². The van der Waals surface area contributed by atoms with Crippen molar-refractivity contribution in [3.63, 3.8) is 0 Å². The molecule has 3 rings (SSSR count). The number of amides is 1. The van der Waals surface area contributed by atoms with Crippen LogP contribution in [0.3, 0.4) is 0 Å². The van der Waals surface area contributed by atoms with Crippen LogP contribution >= 0.6 is 0 Å². The second-order valence-electron chi connectivity index (χ2n) is 7.80. The number of hydrogen-bond donors (Lipinski definition) is 1. The largest absolute Gasteiger partial charge is 0.449 e. The predicted octanol–water partition coefficient (Wildman–Crippen LogP) is 2.74. The minimum atomic E-state index is -3.61. The maximum absolute atomic E-state index is 12.7. The first-order valence-corrected chi connectivity index (χ1v) is 12.7. The molecule has 0 aromatic heterocycles. The van der Waals surface area contributed by atoms with Crippen LogP contribution in [0.2, 0.25) is 0 Å². The summed E-state index contributed by atoms with van der Waals surface area (Å²) >= 11 is 0. The van der Waals surface area contributed by atoms with Crippen molar-refractivity contribution in [3.8, 4) is 0 Å². The zero-order chi connectivity index (χ0) is 24.7. The molecular formula is C24H31N3O6S. The zero-order valence-electron chi connectivity index (χ0n) is 19.7. The molecule has 10 heteroatoms. The van der Waals surface area contributed by atoms with Gasteiger partial charge in [0.2, 0.25) is 10.0 Å². The van der Waals surface area contributed by atoms with Crippen LogP contribution in [0.4, 0.5) is 11.4 Å². The van der Waals surface area contributed by atoms with Gasteiger partial charge in [0, 0.05) is 37.6 Å². The van der Waals surface area contributed by atoms with E-state index in [9.17, 15) is 18.0 Å². The van der Waals surface area contributed by atoms with Crippen LogP contribution in [0.25, 0.3) is 0 Å². The molecular weight excluding hydrogens is 458 g/mol. The number of ether oxygens (including phenoxy) is 2. The third-order valence-corrected chi connectivity index (χ3v) is 7.53. The molecule has 1 N–H and O–H groups in total. The summed E-state index contributed by atoms with van der Waals surface area (Å²) in [6.45, 7) is 8.66. The van der Waals surface area contributed by atoms with Crippen molar-refractivity contribution in [3.05, 3.63) is 54.1 Å². The van der Waals surface area contributed by atoms with Crippen molar-refractivity contribution in [2.24, 2.45) is 0 Å². The van der Waals surface area contributed by atoms with Crippen molar-refractivity contribution < 1.29 is 27.5 Å². The van der Waals surface area contributed by atoms with Crippen LogP contribution in [-0.2, 0) is 24.3 Å². The lowest BCUT2D eigenvalue weighted by atomic mass is 10.2. The number of nitrogens with zero attached hydrogens (tertiary/aromatic N) is 2. The maximum atomic E-state index is 12.7. The van der Waals surface area contributed by atoms with E-state index in [1.165, 1.54) is 35.5 Å². The monoisotopic (exact) mass is 489 g/mol. The number of rotatable bonds is 9. The van der Waals surface area contributed by atoms with Crippen LogP contribution in [-0.4, -0.2) is 70.1 Å². The molecule has 184 valence electrons. The number of benzene rings is 2. The zero-order valence-corrected chi connectivity index (χ0v) is 20.5. The summed E-state index contributed by atoms with van der Waals surface area (Å²) in [6.07, 6.45) is -1.04. The average Bonchev–Trinajstić information content (AvgIpc) is 2.86. The molecule has 34 heavy (non-hydrogen) atoms. The molecule has 1 unspecified atom stereocenters. The lowest BCUT2D eigenvalue weighted by Crippen LogP contribution is -2.40. The van der Waals surface area contributed by atoms with Crippen molar-refractivity contribution >= 4 is 33.3 Å². The highest BCUT2D eigenvalue weighted by Crippen LogP contribution is 2.20. The Hall–Kier alpha value is -2.95. The Kier molecular flexibility index (Phi) is 8.65. The molecule has 0 bridgehead atoms. The van der Waals surface area contributed by atoms with Crippen LogP contribution in [0.15, 0.2) is 53.4 Å². The quantitative estimate of drug-likeness (QED) is 0.540. The second kappa shape index (κ2) is 11.5. The number of nitrogens with one attached hydrogen (secondary N) is 1. The van der Waals surface area contributed by atoms with Gasteiger partial charge in [-0.15, -0.1) is 0 Å². The molecule has 1 atom stereocenters. The van der Waals surface area contributed by atoms with Crippen molar-refractivity contribution in [2.75, 3.05) is 49.6 Å². The van der Waals surface area contributed by atoms with Gasteiger partial charge in [-0.1, -0.05) is 0 Å². The summed E-state index contributed by atoms with van der Waals surface area (Å²) in [5.41, 5.74) is 1.76. The molecule has 0 saturated carbocycles. The molecule has 9 nitrogen and oxygen atoms in total. The van der Waals surface area contributed by atoms with E-state index in [0.717, 1.165) is 18.8 Å². The number of morpholine rings is 1. The number of esters is 1. The summed E-state index contributed by atoms with van der Waals surface area (Å²) in [7, 11) is -3.61. The topological polar surface area (TPSA) is 105 Å². The van der Waals surface area contributed by atoms with E-state index in [1.807, 2.05) is 12.1 Å². The molecule has 1 fully saturated rings. The van der Waals surface area contributed by atoms with Gasteiger partial charge in [-0.05, 0) is 69.3 Å². The first-order chi connectivity index (χ1) is 16.3. The van der Waals surface area contributed by atoms with E-state index in [0.29, 0.717) is 37.6 Å². The average molecular weight is 490 g/mol. The molecule has 0 radical (unpaired) electrons. The van der Waals surface area contributed by atoms with Gasteiger partial charge in [-0.2, -0.15) is 4.31 Å². The van der Waals surface area contributed by atoms with E-state index in [-0.39, 0.29) is 4.90 Å². The standard InChI is InChI=1S/C24H31N3O6S/c1-4-26(5-2)21-10-6-19(7-11-21)24(29)33-18(3)23(28)25-20-8-12-22(13-9-20)34(30,31)27-14-16-32-17-15-27/h6-13,18H,4-5,14-17H2,1-3H3,(H,25,28). The molecule has 0 spiro atoms. The van der Waals surface area contributed by atoms with Gasteiger partial charge in [0.1, 0.15) is 0 Å². The summed E-state index contributed by atoms with van der Waals surface area (Å²) in [4.78, 5) is 27.2. The summed E-state index contributed by atoms with van der Waals surface area (Å²) in [5.74, 6) is -1.11. The third kappa shape index (κ3) is 6.13. The Balaban J connectivity index is 1.57. The SMILES string of the molecule is CCN(CC)c1ccc(C(=O)OC(C)C(=O)Nc2ccc(S(=O)(=O)N3CCOCC3)cc2)cc1. The molecule has 1 saturated heterocycles. The van der Waals surface area contributed by atoms with Crippen LogP contribution in [0.5, 0.6) is 0 Å². The molecule has 1 heterocycles. The van der Waals surface area contributed by atoms with E-state index >= 15 is 0 Å². The minimum Gasteiger partial charge on any atom is -0.449 e. The molecule has 1 amide bonds. The Morgan fingerprint density at radius 2 is 1.62 bits per heavy atom. The Bertz CT molecular complexity index is 1080. The number of hydrogen-bond acceptors (Lipinski definition) is 7. The third-order valence-electron chi connectivity index (χ3n) is 5.61. The van der Waals surface area contributed by atoms with E-state index < -0.39 is 28.0 Å². The van der Waals surface area contributed by atoms with E-state index in [1.54, 1.807) is 12.1 Å². The van der Waals surface area contributed by atoms with Crippen LogP contribution in [0.1, 0.15) is 31.1 Å². The molecule has 2 aromatic rings. The lowest BCUT2D eigenvalue weighted by Gasteiger charge is -2.26. The van der Waals surface area contributed by atoms with Gasteiger partial charge in [0.25, 0.3) is 5.91 Å². The fourth-order valence-corrected chi connectivity index (χ4v) is 4.98. The van der Waals surface area contributed by atoms with E-state index in [2.05, 4.69) is 24.1 Å². The number of carbonyl (C=O) groups is 2. The van der Waals surface area contributed by atoms with Gasteiger partial charge >= 0.3 is 5.97 Å². The normalized spacial score (nSPS) is 15.4. The summed E-state index contributed by atoms with van der Waals surface area (Å²) < 4.78 is 37.3. The Morgan fingerprint density at radius 3 is 2.18 bits per heavy atom. The van der Waals surface area contributed by atoms with Gasteiger partial charge in [0.15, 0.2) is 6.10 Å². The number of sulfonamides is 1. The lowest BCUT2D eigenvalue weighted by molar-refractivity contribution is -0.123. The highest BCUT2D eigenvalue weighted by molar-refractivity contribution is 7.89. The Labute approximate surface area is 200 Å². The fraction of sp³-hybridized carbons (Fsp3) is 0.417. The second-order valence-corrected chi connectivity index (χ2v) is 9.73. The maximum Gasteiger partial charge on any atom is 0.338 e. The van der Waals surface area contributed by atoms with E-state index in [4.69, 9.17) is 9.47 Å². The Morgan fingerprint density at radius 1 is 1.03 bits per heavy atom. The van der Waals surface area contributed by atoms with Crippen molar-refractivity contribution in [1.29, 1.82) is 0 Å². The highest BCUT2D eigenvalue weighted by Gasteiger charge is 2.26. The highest BCUT2D eigenvalue weighted by atomic mass is 32.2. The van der Waals surface area contributed by atoms with Crippen LogP contribution < -0.4 is 10.2 Å². The van der Waals surface area contributed by atoms with Gasteiger partial charge < -0.3 is 19.7 Å². The first kappa shape index (κ1) is 25.7. The molecule has 2 aromatic carbocycles. The van der Waals surface area contributed by atoms with Gasteiger partial charge in [-0.3, -0.25) is 4.79 Å². The van der Waals surface area contributed by atoms with Crippen LogP contribution in [0, 0.1) is 0 Å². The summed E-state index contributed by atoms with van der Waals surface area (Å²) in [6, 6.07) is 12.9. The first-order valence-electron chi connectivity index (χ1n) is 11.3. The molecule has 0 aliphatic carbocycles. The number of carbonyl (C=O) groups excluding carboxylic acids is 2. The number of anilines is 2. The predicted molar refractivity (Wildman–Crippen MR) is 130 cm³/mol. The fourth-order valence-electron chi connectivity index (χ4n) is 3.57. The van der Waals surface area contributed by atoms with Crippen molar-refractivity contribution in [2.45, 2.75) is 31.8 Å². The summed E-state index contributed by atoms with van der Waals surface area (Å²) in [5, 5.41) is 2.64. The van der Waals surface area contributed by atoms with Gasteiger partial charge in [0.05, 0.1) is 23.7 Å². The minimum absolute atomic E-state index is 0.139. The molecule has 1 aliphatic heterocycles. The van der Waals surface area contributed by atoms with Crippen molar-refractivity contribution in [1.82, 2.24) is 4.31 Å².